The summed E-state index contributed by atoms with van der Waals surface area (Å²) in [6, 6.07) is 0. The average molecular weight is 531 g/mol. The van der Waals surface area contributed by atoms with Crippen LogP contribution in [0.1, 0.15) is 0 Å². The van der Waals surface area contributed by atoms with Gasteiger partial charge in [0.2, 0.25) is 0 Å². The molecule has 0 saturated carbocycles. The molecule has 0 spiro atoms. The molecule has 10 heteroatoms. The fourth-order valence-corrected chi connectivity index (χ4v) is 0. The molecule has 2 N–H and O–H groups in total. The van der Waals surface area contributed by atoms with Crippen molar-refractivity contribution in [2.24, 2.45) is 0 Å². The number of hydrogen-bond acceptors (Lipinski definition) is 4. The van der Waals surface area contributed by atoms with Crippen molar-refractivity contribution in [2.75, 3.05) is 0 Å². The third kappa shape index (κ3) is 6580. The second-order valence-electron chi connectivity index (χ2n) is 0.476. The first-order valence-corrected chi connectivity index (χ1v) is 1.13. The van der Waals surface area contributed by atoms with Gasteiger partial charge in [-0.1, -0.05) is 0 Å². The Morgan fingerprint density at radius 3 is 1.00 bits per heavy atom. The maximum atomic E-state index is 8.36. The Morgan fingerprint density at radius 2 is 1.00 bits per heavy atom. The molecule has 0 aromatic carbocycles. The van der Waals surface area contributed by atoms with E-state index in [0.717, 1.165) is 0 Å². The van der Waals surface area contributed by atoms with E-state index in [1.807, 2.05) is 0 Å². The minimum absolute atomic E-state index is 0. The summed E-state index contributed by atoms with van der Waals surface area (Å²) >= 11 is 0. The van der Waals surface area contributed by atoms with Gasteiger partial charge in [-0.2, -0.15) is 0 Å². The summed E-state index contributed by atoms with van der Waals surface area (Å²) in [5.41, 5.74) is 0. The van der Waals surface area contributed by atoms with Crippen molar-refractivity contribution < 1.29 is 48.3 Å². The molecule has 0 heterocycles. The van der Waals surface area contributed by atoms with Crippen LogP contribution in [0.4, 0.5) is 0 Å². The van der Waals surface area contributed by atoms with Gasteiger partial charge in [0.1, 0.15) is 0 Å². The van der Waals surface area contributed by atoms with Crippen molar-refractivity contribution in [1.29, 1.82) is 0 Å². The summed E-state index contributed by atoms with van der Waals surface area (Å²) in [7, 11) is 0. The standard InChI is InChI=1S/Hg.2HNO3.Tl/c;2*2-1(3)4;/h;2*(H,2,3,4);. The first-order chi connectivity index (χ1) is 3.46. The minimum Gasteiger partial charge on any atom is -0.328 e. The van der Waals surface area contributed by atoms with Crippen molar-refractivity contribution in [3.05, 3.63) is 20.2 Å². The molecule has 0 aliphatic rings. The zero-order valence-electron chi connectivity index (χ0n) is 4.71. The van der Waals surface area contributed by atoms with Gasteiger partial charge in [-0.05, 0) is 0 Å². The van der Waals surface area contributed by atoms with Crippen LogP contribution < -0.4 is 0 Å². The van der Waals surface area contributed by atoms with Crippen molar-refractivity contribution in [3.8, 4) is 0 Å². The molecule has 0 amide bonds. The van der Waals surface area contributed by atoms with Gasteiger partial charge in [0.25, 0.3) is 10.2 Å². The first kappa shape index (κ1) is 22.5. The molecule has 53 valence electrons. The summed E-state index contributed by atoms with van der Waals surface area (Å²) in [4.78, 5) is 16.7. The Kier molecular flexibility index (Phi) is 36.2. The molecule has 8 nitrogen and oxygen atoms in total. The third-order valence-corrected chi connectivity index (χ3v) is 0. The largest absolute Gasteiger partial charge is 0.328 e. The van der Waals surface area contributed by atoms with Crippen LogP contribution in [-0.2, 0) is 27.7 Å². The van der Waals surface area contributed by atoms with Crippen LogP contribution in [0.5, 0.6) is 0 Å². The second-order valence-corrected chi connectivity index (χ2v) is 0.476. The molecule has 0 aliphatic heterocycles. The molecule has 0 rings (SSSR count). The predicted molar refractivity (Wildman–Crippen MR) is 23.3 cm³/mol. The first-order valence-electron chi connectivity index (χ1n) is 1.13. The molecule has 1 radical (unpaired) electrons. The molecule has 0 unspecified atom stereocenters. The van der Waals surface area contributed by atoms with Gasteiger partial charge in [0.05, 0.1) is 0 Å². The molecule has 10 heavy (non-hydrogen) atoms. The van der Waals surface area contributed by atoms with Crippen LogP contribution >= 0.6 is 0 Å². The van der Waals surface area contributed by atoms with Crippen molar-refractivity contribution in [3.63, 3.8) is 0 Å². The fraction of sp³-hybridized carbons (Fsp3) is 0. The molecule has 0 aliphatic carbocycles. The quantitative estimate of drug-likeness (QED) is 0.233. The molecule has 0 aromatic heterocycles. The van der Waals surface area contributed by atoms with E-state index in [-0.39, 0.29) is 55.0 Å². The third-order valence-electron chi connectivity index (χ3n) is 0. The maximum Gasteiger partial charge on any atom is 0.291 e. The van der Waals surface area contributed by atoms with E-state index < -0.39 is 10.2 Å². The summed E-state index contributed by atoms with van der Waals surface area (Å²) in [5, 5.41) is 27.3. The summed E-state index contributed by atoms with van der Waals surface area (Å²) in [6.45, 7) is 0. The summed E-state index contributed by atoms with van der Waals surface area (Å²) in [5.74, 6) is 0. The molecule has 0 saturated heterocycles. The predicted octanol–water partition coefficient (Wildman–Crippen LogP) is -1.08. The Hall–Kier alpha value is 0.257. The van der Waals surface area contributed by atoms with E-state index in [1.54, 1.807) is 0 Å². The van der Waals surface area contributed by atoms with Crippen molar-refractivity contribution >= 4 is 27.3 Å². The Labute approximate surface area is 95.1 Å². The van der Waals surface area contributed by atoms with E-state index in [9.17, 15) is 0 Å². The van der Waals surface area contributed by atoms with Gasteiger partial charge in [-0.3, -0.25) is 0 Å². The zero-order valence-corrected chi connectivity index (χ0v) is 14.7. The molecule has 0 bridgehead atoms. The van der Waals surface area contributed by atoms with Crippen LogP contribution in [-0.4, -0.2) is 47.9 Å². The van der Waals surface area contributed by atoms with E-state index in [0.29, 0.717) is 0 Å². The Balaban J connectivity index is -0.0000000300. The average Bonchev–Trinajstić information content (AvgIpc) is 1.25. The molecular weight excluding hydrogens is 529 g/mol. The van der Waals surface area contributed by atoms with Crippen molar-refractivity contribution in [2.45, 2.75) is 0 Å². The van der Waals surface area contributed by atoms with E-state index in [1.165, 1.54) is 0 Å². The number of rotatable bonds is 0. The zero-order chi connectivity index (χ0) is 7.15. The smallest absolute Gasteiger partial charge is 0.291 e. The maximum absolute atomic E-state index is 8.36. The Morgan fingerprint density at radius 1 is 1.00 bits per heavy atom. The topological polar surface area (TPSA) is 127 Å². The van der Waals surface area contributed by atoms with Crippen molar-refractivity contribution in [1.82, 2.24) is 0 Å². The van der Waals surface area contributed by atoms with Crippen LogP contribution in [0.2, 0.25) is 0 Å². The van der Waals surface area contributed by atoms with Gasteiger partial charge in [0.15, 0.2) is 0 Å². The van der Waals surface area contributed by atoms with Gasteiger partial charge >= 0.3 is 0 Å². The molecule has 0 fully saturated rings. The van der Waals surface area contributed by atoms with Crippen LogP contribution in [0.15, 0.2) is 0 Å². The molecular formula is H2HgN2O6Tl. The van der Waals surface area contributed by atoms with E-state index >= 15 is 0 Å². The van der Waals surface area contributed by atoms with Crippen LogP contribution in [0, 0.1) is 20.2 Å². The normalized spacial score (nSPS) is 4.80. The fourth-order valence-electron chi connectivity index (χ4n) is 0. The SMILES string of the molecule is O=[N+]([O-])O.O=[N+]([O-])O.[Hg].[Tl]. The van der Waals surface area contributed by atoms with Crippen LogP contribution in [0.3, 0.4) is 0 Å². The monoisotopic (exact) mass is 533 g/mol. The van der Waals surface area contributed by atoms with E-state index in [2.05, 4.69) is 0 Å². The number of nitrogens with zero attached hydrogens (tertiary/aromatic N) is 2. The molecule has 0 atom stereocenters. The second kappa shape index (κ2) is 16.1. The Bertz CT molecular complexity index is 73.7. The van der Waals surface area contributed by atoms with E-state index in [4.69, 9.17) is 30.6 Å². The van der Waals surface area contributed by atoms with Gasteiger partial charge in [0, 0.05) is 55.0 Å². The van der Waals surface area contributed by atoms with Gasteiger partial charge in [-0.25, -0.2) is 0 Å². The minimum atomic E-state index is -1.50. The number of hydrogen-bond donors (Lipinski definition) is 2. The van der Waals surface area contributed by atoms with Crippen LogP contribution in [0.25, 0.3) is 0 Å². The van der Waals surface area contributed by atoms with Gasteiger partial charge in [-0.15, -0.1) is 20.2 Å². The molecule has 0 aromatic rings. The van der Waals surface area contributed by atoms with Gasteiger partial charge < -0.3 is 10.4 Å². The summed E-state index contributed by atoms with van der Waals surface area (Å²) in [6.07, 6.45) is 0. The summed E-state index contributed by atoms with van der Waals surface area (Å²) < 4.78 is 0.